The zero-order chi connectivity index (χ0) is 22.7. The molecule has 5 aromatic rings. The first kappa shape index (κ1) is 24.1. The summed E-state index contributed by atoms with van der Waals surface area (Å²) in [6.45, 7) is 0. The molecule has 7 rings (SSSR count). The number of hydrogen-bond acceptors (Lipinski definition) is 3. The van der Waals surface area contributed by atoms with Gasteiger partial charge in [0.05, 0.1) is 39.9 Å². The van der Waals surface area contributed by atoms with Crippen LogP contribution in [0.1, 0.15) is 5.56 Å². The Bertz CT molecular complexity index is 1450. The summed E-state index contributed by atoms with van der Waals surface area (Å²) < 4.78 is 11.5. The number of fused-ring (bicyclic) bond motifs is 4. The normalized spacial score (nSPS) is 15.5. The molecule has 2 aliphatic rings. The van der Waals surface area contributed by atoms with E-state index in [4.69, 9.17) is 0 Å². The minimum absolute atomic E-state index is 0. The van der Waals surface area contributed by atoms with Gasteiger partial charge in [-0.2, -0.15) is 8.75 Å². The molecular weight excluding hydrogens is 490 g/mol. The van der Waals surface area contributed by atoms with E-state index in [1.807, 2.05) is 57.8 Å². The fourth-order valence-electron chi connectivity index (χ4n) is 4.23. The quantitative estimate of drug-likeness (QED) is 0.189. The maximum atomic E-state index is 4.64. The van der Waals surface area contributed by atoms with Gasteiger partial charge in [-0.15, -0.1) is 0 Å². The molecule has 3 nitrogen and oxygen atoms in total. The second-order valence-electron chi connectivity index (χ2n) is 7.85. The Morgan fingerprint density at radius 3 is 1.80 bits per heavy atom. The molecule has 2 aromatic heterocycles. The molecule has 5 heteroatoms. The average molecular weight is 509 g/mol. The molecule has 0 N–H and O–H groups in total. The van der Waals surface area contributed by atoms with Crippen molar-refractivity contribution in [3.05, 3.63) is 130 Å². The molecule has 2 heterocycles. The van der Waals surface area contributed by atoms with Crippen molar-refractivity contribution in [2.75, 3.05) is 0 Å². The van der Waals surface area contributed by atoms with E-state index in [9.17, 15) is 0 Å². The molecule has 0 saturated heterocycles. The van der Waals surface area contributed by atoms with Crippen LogP contribution < -0.4 is 0 Å². The fraction of sp³-hybridized carbons (Fsp3) is 0. The molecule has 3 aromatic carbocycles. The Balaban J connectivity index is 0.000000379. The summed E-state index contributed by atoms with van der Waals surface area (Å²) >= 11 is 1.23. The summed E-state index contributed by atoms with van der Waals surface area (Å²) in [5, 5.41) is 2.47. The van der Waals surface area contributed by atoms with Gasteiger partial charge in [-0.3, -0.25) is 0 Å². The Morgan fingerprint density at radius 2 is 1.17 bits per heavy atom. The first-order valence-electron chi connectivity index (χ1n) is 11.0. The van der Waals surface area contributed by atoms with Gasteiger partial charge in [0.1, 0.15) is 11.0 Å². The third kappa shape index (κ3) is 4.76. The first-order valence-corrected chi connectivity index (χ1v) is 11.8. The van der Waals surface area contributed by atoms with E-state index in [0.717, 1.165) is 28.2 Å². The van der Waals surface area contributed by atoms with E-state index in [1.165, 1.54) is 33.5 Å². The Morgan fingerprint density at radius 1 is 0.600 bits per heavy atom. The van der Waals surface area contributed by atoms with Gasteiger partial charge in [-0.05, 0) is 82.1 Å². The molecule has 0 aliphatic heterocycles. The van der Waals surface area contributed by atoms with Crippen LogP contribution in [-0.2, 0) is 17.1 Å². The first-order chi connectivity index (χ1) is 16.9. The maximum absolute atomic E-state index is 4.64. The van der Waals surface area contributed by atoms with Crippen LogP contribution in [0.3, 0.4) is 0 Å². The molecule has 0 amide bonds. The van der Waals surface area contributed by atoms with Gasteiger partial charge in [-0.25, -0.2) is 0 Å². The summed E-state index contributed by atoms with van der Waals surface area (Å²) in [7, 11) is 0. The van der Waals surface area contributed by atoms with Crippen LogP contribution in [0.4, 0.5) is 0 Å². The SMILES string of the molecule is C(#Cc1ccc(-n2c3ccccc3c3ccccc32)c2nsnc12)[C]1[CH][CH][CH][CH]1.[CH]1[CH][CH][CH][CH]1.[Fe+2]. The third-order valence-electron chi connectivity index (χ3n) is 5.77. The Labute approximate surface area is 221 Å². The van der Waals surface area contributed by atoms with Crippen molar-refractivity contribution in [3.63, 3.8) is 0 Å². The third-order valence-corrected chi connectivity index (χ3v) is 6.30. The monoisotopic (exact) mass is 509 g/mol. The molecule has 10 radical (unpaired) electrons. The number of aromatic nitrogens is 3. The predicted octanol–water partition coefficient (Wildman–Crippen LogP) is 6.56. The minimum Gasteiger partial charge on any atom is -0.307 e. The van der Waals surface area contributed by atoms with Gasteiger partial charge in [0, 0.05) is 10.8 Å². The Hall–Kier alpha value is -2.64. The molecule has 0 unspecified atom stereocenters. The van der Waals surface area contributed by atoms with Crippen LogP contribution in [0.15, 0.2) is 60.7 Å². The van der Waals surface area contributed by atoms with E-state index in [1.54, 1.807) is 0 Å². The van der Waals surface area contributed by atoms with Gasteiger partial charge < -0.3 is 4.57 Å². The van der Waals surface area contributed by atoms with Crippen molar-refractivity contribution >= 4 is 44.6 Å². The zero-order valence-electron chi connectivity index (χ0n) is 18.6. The maximum Gasteiger partial charge on any atom is 2.00 e. The topological polar surface area (TPSA) is 30.7 Å². The van der Waals surface area contributed by atoms with Gasteiger partial charge in [0.2, 0.25) is 0 Å². The van der Waals surface area contributed by atoms with Gasteiger partial charge in [-0.1, -0.05) is 48.2 Å². The summed E-state index contributed by atoms with van der Waals surface area (Å²) in [5.74, 6) is 7.49. The number of benzene rings is 3. The van der Waals surface area contributed by atoms with Crippen molar-refractivity contribution in [1.29, 1.82) is 0 Å². The molecule has 0 atom stereocenters. The largest absolute Gasteiger partial charge is 2.00 e. The van der Waals surface area contributed by atoms with Crippen molar-refractivity contribution in [2.45, 2.75) is 0 Å². The minimum atomic E-state index is 0. The number of hydrogen-bond donors (Lipinski definition) is 0. The predicted molar refractivity (Wildman–Crippen MR) is 141 cm³/mol. The van der Waals surface area contributed by atoms with Crippen LogP contribution >= 0.6 is 11.7 Å². The van der Waals surface area contributed by atoms with E-state index in [0.29, 0.717) is 0 Å². The van der Waals surface area contributed by atoms with Gasteiger partial charge in [0.15, 0.2) is 0 Å². The van der Waals surface area contributed by atoms with Crippen molar-refractivity contribution < 1.29 is 17.1 Å². The standard InChI is InChI=1S/C25H14N3S.C5H5.Fe/c1-2-8-17(7-1)13-14-18-15-16-23(25-24(18)26-29-27-25)28-21-11-5-3-9-19(21)20-10-4-6-12-22(20)28;1-2-4-5-3-1;/h1-12,15-16H;1-5H;/q;;+2. The van der Waals surface area contributed by atoms with Gasteiger partial charge >= 0.3 is 17.1 Å². The smallest absolute Gasteiger partial charge is 0.307 e. The molecule has 2 aliphatic carbocycles. The molecule has 166 valence electrons. The second-order valence-corrected chi connectivity index (χ2v) is 8.38. The van der Waals surface area contributed by atoms with Crippen molar-refractivity contribution in [3.8, 4) is 17.5 Å². The van der Waals surface area contributed by atoms with Crippen molar-refractivity contribution in [1.82, 2.24) is 13.3 Å². The van der Waals surface area contributed by atoms with Crippen LogP contribution in [0.2, 0.25) is 0 Å². The van der Waals surface area contributed by atoms with Gasteiger partial charge in [0.25, 0.3) is 0 Å². The molecule has 0 spiro atoms. The number of nitrogens with zero attached hydrogens (tertiary/aromatic N) is 3. The van der Waals surface area contributed by atoms with Crippen LogP contribution in [-0.4, -0.2) is 13.3 Å². The van der Waals surface area contributed by atoms with Crippen LogP contribution in [0.25, 0.3) is 38.5 Å². The van der Waals surface area contributed by atoms with E-state index in [-0.39, 0.29) is 17.1 Å². The van der Waals surface area contributed by atoms with Crippen LogP contribution in [0.5, 0.6) is 0 Å². The fourth-order valence-corrected chi connectivity index (χ4v) is 4.80. The molecule has 2 saturated carbocycles. The molecule has 0 bridgehead atoms. The summed E-state index contributed by atoms with van der Waals surface area (Å²) in [4.78, 5) is 0. The van der Waals surface area contributed by atoms with Crippen molar-refractivity contribution in [2.24, 2.45) is 0 Å². The van der Waals surface area contributed by atoms with E-state index < -0.39 is 0 Å². The molecule has 2 fully saturated rings. The zero-order valence-corrected chi connectivity index (χ0v) is 20.5. The Kier molecular flexibility index (Phi) is 7.54. The van der Waals surface area contributed by atoms with E-state index >= 15 is 0 Å². The summed E-state index contributed by atoms with van der Waals surface area (Å²) in [6.07, 6.45) is 18.0. The molecule has 35 heavy (non-hydrogen) atoms. The molecular formula is C30H19FeN3S+2. The number of rotatable bonds is 1. The number of para-hydroxylation sites is 2. The summed E-state index contributed by atoms with van der Waals surface area (Å²) in [6, 6.07) is 21.1. The second kappa shape index (κ2) is 11.0. The van der Waals surface area contributed by atoms with E-state index in [2.05, 4.69) is 85.8 Å². The summed E-state index contributed by atoms with van der Waals surface area (Å²) in [5.41, 5.74) is 6.01. The average Bonchev–Trinajstić information content (AvgIpc) is 3.70. The van der Waals surface area contributed by atoms with Crippen LogP contribution in [0, 0.1) is 75.5 Å².